The van der Waals surface area contributed by atoms with E-state index in [2.05, 4.69) is 12.2 Å². The average molecular weight is 345 g/mol. The van der Waals surface area contributed by atoms with Gasteiger partial charge in [-0.3, -0.25) is 5.32 Å². The Hall–Kier alpha value is -0.650. The van der Waals surface area contributed by atoms with Crippen LogP contribution in [0.25, 0.3) is 0 Å². The molecule has 0 fully saturated rings. The molecule has 0 heterocycles. The third-order valence-corrected chi connectivity index (χ3v) is 4.90. The summed E-state index contributed by atoms with van der Waals surface area (Å²) in [5.41, 5.74) is -1.23. The summed E-state index contributed by atoms with van der Waals surface area (Å²) in [6.45, 7) is 2.71. The van der Waals surface area contributed by atoms with Crippen molar-refractivity contribution in [2.24, 2.45) is 0 Å². The van der Waals surface area contributed by atoms with E-state index in [1.807, 2.05) is 21.1 Å². The fraction of sp³-hybridized carbons (Fsp3) is 0.947. The highest BCUT2D eigenvalue weighted by Gasteiger charge is 2.43. The topological polar surface area (TPSA) is 72.4 Å². The van der Waals surface area contributed by atoms with Crippen LogP contribution >= 0.6 is 0 Å². The molecule has 0 aromatic heterocycles. The van der Waals surface area contributed by atoms with Crippen LogP contribution in [-0.2, 0) is 4.79 Å². The molecule has 144 valence electrons. The lowest BCUT2D eigenvalue weighted by atomic mass is 10.0. The molecule has 0 aliphatic carbocycles. The molecule has 1 atom stereocenters. The number of carbonyl (C=O) groups excluding carboxylic acids is 1. The van der Waals surface area contributed by atoms with E-state index in [9.17, 15) is 15.0 Å². The SMILES string of the molecule is CCCCCCCCCCCCNC(CCO)(C(=O)[O-])[N+](C)(C)C. The Labute approximate surface area is 149 Å². The van der Waals surface area contributed by atoms with Crippen molar-refractivity contribution in [3.8, 4) is 0 Å². The molecule has 0 amide bonds. The first kappa shape index (κ1) is 23.4. The molecule has 24 heavy (non-hydrogen) atoms. The van der Waals surface area contributed by atoms with E-state index in [0.717, 1.165) is 12.8 Å². The minimum Gasteiger partial charge on any atom is -0.543 e. The number of aliphatic carboxylic acids is 1. The molecule has 0 bridgehead atoms. The number of hydrogen-bond donors (Lipinski definition) is 2. The number of nitrogens with zero attached hydrogens (tertiary/aromatic N) is 1. The molecule has 0 aliphatic rings. The summed E-state index contributed by atoms with van der Waals surface area (Å²) < 4.78 is 0.188. The molecular formula is C19H40N2O3. The lowest BCUT2D eigenvalue weighted by molar-refractivity contribution is -0.920. The smallest absolute Gasteiger partial charge is 0.195 e. The molecule has 0 spiro atoms. The van der Waals surface area contributed by atoms with E-state index in [1.165, 1.54) is 51.4 Å². The van der Waals surface area contributed by atoms with E-state index in [0.29, 0.717) is 6.54 Å². The molecule has 0 saturated carbocycles. The number of carbonyl (C=O) groups is 1. The van der Waals surface area contributed by atoms with Gasteiger partial charge in [0.15, 0.2) is 5.66 Å². The molecule has 0 aliphatic heterocycles. The summed E-state index contributed by atoms with van der Waals surface area (Å²) in [6.07, 6.45) is 12.7. The summed E-state index contributed by atoms with van der Waals surface area (Å²) in [5.74, 6) is -1.14. The van der Waals surface area contributed by atoms with Crippen molar-refractivity contribution in [1.29, 1.82) is 0 Å². The number of hydrogen-bond acceptors (Lipinski definition) is 4. The van der Waals surface area contributed by atoms with Crippen molar-refractivity contribution in [2.45, 2.75) is 83.2 Å². The van der Waals surface area contributed by atoms with E-state index in [4.69, 9.17) is 0 Å². The van der Waals surface area contributed by atoms with Crippen molar-refractivity contribution in [3.05, 3.63) is 0 Å². The number of carboxylic acid groups (broad SMARTS) is 1. The number of aliphatic hydroxyl groups is 1. The van der Waals surface area contributed by atoms with Crippen LogP contribution in [0.5, 0.6) is 0 Å². The van der Waals surface area contributed by atoms with Gasteiger partial charge in [0.25, 0.3) is 0 Å². The van der Waals surface area contributed by atoms with Crippen LogP contribution in [0.15, 0.2) is 0 Å². The molecule has 1 unspecified atom stereocenters. The fourth-order valence-corrected chi connectivity index (χ4v) is 3.18. The van der Waals surface area contributed by atoms with Crippen LogP contribution in [0.2, 0.25) is 0 Å². The molecule has 0 aromatic rings. The summed E-state index contributed by atoms with van der Waals surface area (Å²) in [6, 6.07) is 0. The maximum atomic E-state index is 11.7. The second kappa shape index (κ2) is 12.7. The van der Waals surface area contributed by atoms with Crippen molar-refractivity contribution in [3.63, 3.8) is 0 Å². The minimum absolute atomic E-state index is 0.149. The van der Waals surface area contributed by atoms with Gasteiger partial charge >= 0.3 is 0 Å². The molecular weight excluding hydrogens is 304 g/mol. The first-order valence-electron chi connectivity index (χ1n) is 9.70. The van der Waals surface area contributed by atoms with Crippen molar-refractivity contribution in [2.75, 3.05) is 34.3 Å². The zero-order valence-electron chi connectivity index (χ0n) is 16.4. The molecule has 0 rings (SSSR count). The fourth-order valence-electron chi connectivity index (χ4n) is 3.18. The summed E-state index contributed by atoms with van der Waals surface area (Å²) in [7, 11) is 5.45. The first-order chi connectivity index (χ1) is 11.3. The van der Waals surface area contributed by atoms with Gasteiger partial charge in [0.2, 0.25) is 0 Å². The maximum Gasteiger partial charge on any atom is 0.195 e. The molecule has 0 aromatic carbocycles. The zero-order chi connectivity index (χ0) is 18.5. The molecule has 5 heteroatoms. The van der Waals surface area contributed by atoms with Gasteiger partial charge in [-0.15, -0.1) is 0 Å². The van der Waals surface area contributed by atoms with Crippen LogP contribution in [0.3, 0.4) is 0 Å². The van der Waals surface area contributed by atoms with Gasteiger partial charge in [-0.1, -0.05) is 64.7 Å². The minimum atomic E-state index is -1.23. The third-order valence-electron chi connectivity index (χ3n) is 4.90. The Morgan fingerprint density at radius 3 is 1.79 bits per heavy atom. The Bertz CT molecular complexity index is 329. The predicted molar refractivity (Wildman–Crippen MR) is 97.3 cm³/mol. The predicted octanol–water partition coefficient (Wildman–Crippen LogP) is 2.03. The van der Waals surface area contributed by atoms with Crippen molar-refractivity contribution >= 4 is 5.97 Å². The highest BCUT2D eigenvalue weighted by molar-refractivity contribution is 5.74. The zero-order valence-corrected chi connectivity index (χ0v) is 16.4. The van der Waals surface area contributed by atoms with Gasteiger partial charge < -0.3 is 19.5 Å². The number of likely N-dealkylation sites (N-methyl/N-ethyl adjacent to an activating group) is 1. The van der Waals surface area contributed by atoms with Crippen LogP contribution < -0.4 is 10.4 Å². The van der Waals surface area contributed by atoms with E-state index in [-0.39, 0.29) is 17.5 Å². The molecule has 2 N–H and O–H groups in total. The number of carboxylic acids is 1. The van der Waals surface area contributed by atoms with E-state index in [1.54, 1.807) is 0 Å². The van der Waals surface area contributed by atoms with Gasteiger partial charge in [-0.25, -0.2) is 0 Å². The molecule has 0 radical (unpaired) electrons. The van der Waals surface area contributed by atoms with Gasteiger partial charge in [-0.05, 0) is 6.42 Å². The quantitative estimate of drug-likeness (QED) is 0.255. The monoisotopic (exact) mass is 344 g/mol. The normalized spacial score (nSPS) is 14.5. The van der Waals surface area contributed by atoms with Gasteiger partial charge in [0.1, 0.15) is 5.97 Å². The maximum absolute atomic E-state index is 11.7. The number of nitrogens with one attached hydrogen (secondary N) is 1. The van der Waals surface area contributed by atoms with Crippen LogP contribution in [0, 0.1) is 0 Å². The number of quaternary nitrogens is 1. The Morgan fingerprint density at radius 2 is 1.42 bits per heavy atom. The van der Waals surface area contributed by atoms with Gasteiger partial charge in [0, 0.05) is 13.0 Å². The second-order valence-corrected chi connectivity index (χ2v) is 7.74. The number of rotatable bonds is 16. The molecule has 0 saturated heterocycles. The van der Waals surface area contributed by atoms with Gasteiger partial charge in [0.05, 0.1) is 27.7 Å². The summed E-state index contributed by atoms with van der Waals surface area (Å²) in [5, 5.41) is 24.1. The Balaban J connectivity index is 3.95. The Kier molecular flexibility index (Phi) is 12.3. The van der Waals surface area contributed by atoms with Crippen LogP contribution in [0.1, 0.15) is 77.6 Å². The van der Waals surface area contributed by atoms with E-state index >= 15 is 0 Å². The van der Waals surface area contributed by atoms with Crippen molar-refractivity contribution in [1.82, 2.24) is 5.32 Å². The van der Waals surface area contributed by atoms with Crippen LogP contribution in [0.4, 0.5) is 0 Å². The first-order valence-corrected chi connectivity index (χ1v) is 9.70. The lowest BCUT2D eigenvalue weighted by Crippen LogP contribution is -2.73. The second-order valence-electron chi connectivity index (χ2n) is 7.74. The number of unbranched alkanes of at least 4 members (excludes halogenated alkanes) is 9. The third kappa shape index (κ3) is 8.45. The highest BCUT2D eigenvalue weighted by atomic mass is 16.4. The summed E-state index contributed by atoms with van der Waals surface area (Å²) >= 11 is 0. The number of aliphatic hydroxyl groups excluding tert-OH is 1. The van der Waals surface area contributed by atoms with Gasteiger partial charge in [-0.2, -0.15) is 0 Å². The van der Waals surface area contributed by atoms with Crippen molar-refractivity contribution < 1.29 is 19.5 Å². The molecule has 5 nitrogen and oxygen atoms in total. The standard InChI is InChI=1S/C19H40N2O3/c1-5-6-7-8-9-10-11-12-13-14-16-20-19(15-17-22,18(23)24)21(2,3)4/h20,22H,5-17H2,1-4H3. The largest absolute Gasteiger partial charge is 0.543 e. The van der Waals surface area contributed by atoms with E-state index < -0.39 is 11.6 Å². The summed E-state index contributed by atoms with van der Waals surface area (Å²) in [4.78, 5) is 11.7. The highest BCUT2D eigenvalue weighted by Crippen LogP contribution is 2.20. The lowest BCUT2D eigenvalue weighted by Gasteiger charge is -2.47. The average Bonchev–Trinajstić information content (AvgIpc) is 2.50. The Morgan fingerprint density at radius 1 is 0.958 bits per heavy atom. The van der Waals surface area contributed by atoms with Crippen LogP contribution in [-0.4, -0.2) is 55.5 Å².